The van der Waals surface area contributed by atoms with Crippen LogP contribution in [0.25, 0.3) is 0 Å². The quantitative estimate of drug-likeness (QED) is 0.415. The number of carbonyl (C=O) groups excluding carboxylic acids is 3. The molecule has 0 radical (unpaired) electrons. The number of hydrazone groups is 1. The molecular formula is C16H11F4N5O3. The van der Waals surface area contributed by atoms with Crippen molar-refractivity contribution in [2.75, 3.05) is 5.01 Å². The summed E-state index contributed by atoms with van der Waals surface area (Å²) < 4.78 is 54.7. The van der Waals surface area contributed by atoms with Gasteiger partial charge in [0, 0.05) is 25.1 Å². The fraction of sp³-hybridized carbons (Fsp3) is 0.125. The molecular weight excluding hydrogens is 386 g/mol. The maximum Gasteiger partial charge on any atom is 0.286 e. The third-order valence-electron chi connectivity index (χ3n) is 3.73. The molecule has 0 fully saturated rings. The van der Waals surface area contributed by atoms with Crippen LogP contribution in [0.3, 0.4) is 0 Å². The highest BCUT2D eigenvalue weighted by Crippen LogP contribution is 2.30. The molecule has 2 aromatic rings. The van der Waals surface area contributed by atoms with Gasteiger partial charge in [0.1, 0.15) is 17.1 Å². The minimum Gasteiger partial charge on any atom is -0.357 e. The van der Waals surface area contributed by atoms with E-state index in [9.17, 15) is 31.9 Å². The summed E-state index contributed by atoms with van der Waals surface area (Å²) in [5, 5.41) is 3.58. The maximum atomic E-state index is 13.9. The van der Waals surface area contributed by atoms with Gasteiger partial charge in [-0.05, 0) is 12.1 Å². The summed E-state index contributed by atoms with van der Waals surface area (Å²) in [5.74, 6) is -9.77. The molecule has 1 aromatic carbocycles. The van der Waals surface area contributed by atoms with Crippen LogP contribution in [-0.2, 0) is 9.59 Å². The Kier molecular flexibility index (Phi) is 5.11. The summed E-state index contributed by atoms with van der Waals surface area (Å²) in [5.41, 5.74) is 2.46. The molecule has 1 aliphatic heterocycles. The molecule has 0 bridgehead atoms. The van der Waals surface area contributed by atoms with Crippen LogP contribution in [-0.4, -0.2) is 28.4 Å². The van der Waals surface area contributed by atoms with Crippen molar-refractivity contribution in [3.8, 4) is 0 Å². The lowest BCUT2D eigenvalue weighted by Crippen LogP contribution is -2.47. The Morgan fingerprint density at radius 2 is 1.68 bits per heavy atom. The van der Waals surface area contributed by atoms with Gasteiger partial charge in [0.25, 0.3) is 11.8 Å². The van der Waals surface area contributed by atoms with E-state index in [1.807, 2.05) is 5.43 Å². The average molecular weight is 397 g/mol. The Balaban J connectivity index is 1.83. The highest BCUT2D eigenvalue weighted by Gasteiger charge is 2.32. The second-order valence-corrected chi connectivity index (χ2v) is 5.56. The summed E-state index contributed by atoms with van der Waals surface area (Å²) in [6.45, 7) is 0. The largest absolute Gasteiger partial charge is 0.357 e. The van der Waals surface area contributed by atoms with E-state index in [4.69, 9.17) is 0 Å². The molecule has 3 N–H and O–H groups in total. The molecule has 0 unspecified atom stereocenters. The van der Waals surface area contributed by atoms with E-state index in [0.717, 1.165) is 0 Å². The highest BCUT2D eigenvalue weighted by atomic mass is 19.2. The first kappa shape index (κ1) is 19.1. The Morgan fingerprint density at radius 1 is 1.04 bits per heavy atom. The number of carbonyl (C=O) groups is 3. The molecule has 146 valence electrons. The Morgan fingerprint density at radius 3 is 2.29 bits per heavy atom. The van der Waals surface area contributed by atoms with E-state index < -0.39 is 58.8 Å². The number of halogens is 4. The minimum atomic E-state index is -1.84. The van der Waals surface area contributed by atoms with Gasteiger partial charge >= 0.3 is 0 Å². The normalized spacial score (nSPS) is 13.9. The van der Waals surface area contributed by atoms with E-state index in [2.05, 4.69) is 15.5 Å². The van der Waals surface area contributed by atoms with E-state index in [1.165, 1.54) is 12.3 Å². The maximum absolute atomic E-state index is 13.9. The summed E-state index contributed by atoms with van der Waals surface area (Å²) >= 11 is 0. The van der Waals surface area contributed by atoms with Crippen LogP contribution in [0.2, 0.25) is 0 Å². The van der Waals surface area contributed by atoms with Crippen molar-refractivity contribution >= 4 is 29.1 Å². The van der Waals surface area contributed by atoms with Crippen molar-refractivity contribution < 1.29 is 31.9 Å². The van der Waals surface area contributed by atoms with E-state index in [1.54, 1.807) is 6.07 Å². The molecule has 8 nitrogen and oxygen atoms in total. The van der Waals surface area contributed by atoms with E-state index >= 15 is 0 Å². The number of rotatable bonds is 3. The zero-order chi connectivity index (χ0) is 20.4. The lowest BCUT2D eigenvalue weighted by molar-refractivity contribution is -0.119. The van der Waals surface area contributed by atoms with Gasteiger partial charge in [0.05, 0.1) is 0 Å². The van der Waals surface area contributed by atoms with Gasteiger partial charge in [-0.25, -0.2) is 17.6 Å². The van der Waals surface area contributed by atoms with Gasteiger partial charge in [0.15, 0.2) is 23.3 Å². The van der Waals surface area contributed by atoms with Crippen LogP contribution in [0, 0.1) is 23.3 Å². The van der Waals surface area contributed by atoms with Crippen molar-refractivity contribution in [3.05, 3.63) is 53.4 Å². The summed E-state index contributed by atoms with van der Waals surface area (Å²) in [6.07, 6.45) is 0.848. The lowest BCUT2D eigenvalue weighted by Gasteiger charge is -2.24. The number of nitrogens with zero attached hydrogens (tertiary/aromatic N) is 2. The van der Waals surface area contributed by atoms with Crippen molar-refractivity contribution in [3.63, 3.8) is 0 Å². The fourth-order valence-electron chi connectivity index (χ4n) is 2.36. The van der Waals surface area contributed by atoms with Crippen LogP contribution in [0.5, 0.6) is 0 Å². The average Bonchev–Trinajstić information content (AvgIpc) is 3.20. The highest BCUT2D eigenvalue weighted by molar-refractivity contribution is 6.40. The van der Waals surface area contributed by atoms with Crippen LogP contribution < -0.4 is 15.9 Å². The van der Waals surface area contributed by atoms with Gasteiger partial charge in [-0.3, -0.25) is 25.2 Å². The second kappa shape index (κ2) is 7.50. The van der Waals surface area contributed by atoms with Gasteiger partial charge in [-0.1, -0.05) is 0 Å². The second-order valence-electron chi connectivity index (χ2n) is 5.56. The molecule has 12 heteroatoms. The first-order valence-electron chi connectivity index (χ1n) is 7.77. The van der Waals surface area contributed by atoms with Gasteiger partial charge < -0.3 is 4.98 Å². The standard InChI is InChI=1S/C16H11F4N5O3/c17-7-6-8(18)13(20)14(12(7)19)25-11(26)4-3-10(24-25)16(28)23-22-15(27)9-2-1-5-21-9/h1-2,5-6,21H,3-4H2,(H,22,27)(H,23,28). The molecule has 28 heavy (non-hydrogen) atoms. The Hall–Kier alpha value is -3.70. The monoisotopic (exact) mass is 397 g/mol. The van der Waals surface area contributed by atoms with Crippen molar-refractivity contribution in [2.45, 2.75) is 12.8 Å². The van der Waals surface area contributed by atoms with Crippen LogP contribution in [0.1, 0.15) is 23.3 Å². The number of amides is 3. The first-order chi connectivity index (χ1) is 13.3. The van der Waals surface area contributed by atoms with E-state index in [0.29, 0.717) is 0 Å². The number of hydrogen-bond acceptors (Lipinski definition) is 4. The number of hydrogen-bond donors (Lipinski definition) is 3. The Labute approximate surface area is 154 Å². The molecule has 2 heterocycles. The number of anilines is 1. The number of benzene rings is 1. The minimum absolute atomic E-state index is 0.0178. The molecule has 3 amide bonds. The Bertz CT molecular complexity index is 964. The van der Waals surface area contributed by atoms with Crippen molar-refractivity contribution in [1.29, 1.82) is 0 Å². The molecule has 3 rings (SSSR count). The number of hydrazine groups is 1. The molecule has 0 saturated heterocycles. The number of aromatic nitrogens is 1. The van der Waals surface area contributed by atoms with E-state index in [-0.39, 0.29) is 23.2 Å². The van der Waals surface area contributed by atoms with Crippen LogP contribution >= 0.6 is 0 Å². The summed E-state index contributed by atoms with van der Waals surface area (Å²) in [4.78, 5) is 38.4. The van der Waals surface area contributed by atoms with Crippen LogP contribution in [0.4, 0.5) is 23.2 Å². The first-order valence-corrected chi connectivity index (χ1v) is 7.77. The summed E-state index contributed by atoms with van der Waals surface area (Å²) in [6, 6.07) is 2.97. The molecule has 0 spiro atoms. The molecule has 0 atom stereocenters. The number of nitrogens with one attached hydrogen (secondary N) is 3. The third-order valence-corrected chi connectivity index (χ3v) is 3.73. The molecule has 1 aromatic heterocycles. The van der Waals surface area contributed by atoms with Crippen LogP contribution in [0.15, 0.2) is 29.5 Å². The summed E-state index contributed by atoms with van der Waals surface area (Å²) in [7, 11) is 0. The molecule has 0 aliphatic carbocycles. The predicted molar refractivity (Wildman–Crippen MR) is 86.8 cm³/mol. The SMILES string of the molecule is O=C(NNC(=O)c1ccc[nH]1)C1=NN(c2c(F)c(F)cc(F)c2F)C(=O)CC1. The topological polar surface area (TPSA) is 107 Å². The van der Waals surface area contributed by atoms with Gasteiger partial charge in [-0.2, -0.15) is 10.1 Å². The van der Waals surface area contributed by atoms with Crippen molar-refractivity contribution in [2.24, 2.45) is 5.10 Å². The third kappa shape index (κ3) is 3.56. The van der Waals surface area contributed by atoms with Crippen molar-refractivity contribution in [1.82, 2.24) is 15.8 Å². The number of H-pyrrole nitrogens is 1. The molecule has 1 aliphatic rings. The zero-order valence-electron chi connectivity index (χ0n) is 13.9. The molecule has 0 saturated carbocycles. The lowest BCUT2D eigenvalue weighted by atomic mass is 10.1. The zero-order valence-corrected chi connectivity index (χ0v) is 13.9. The fourth-order valence-corrected chi connectivity index (χ4v) is 2.36. The smallest absolute Gasteiger partial charge is 0.286 e. The predicted octanol–water partition coefficient (Wildman–Crippen LogP) is 1.52. The van der Waals surface area contributed by atoms with Gasteiger partial charge in [-0.15, -0.1) is 0 Å². The van der Waals surface area contributed by atoms with Gasteiger partial charge in [0.2, 0.25) is 5.91 Å². The number of aromatic amines is 1.